The zero-order valence-electron chi connectivity index (χ0n) is 12.2. The molecule has 110 valence electrons. The first kappa shape index (κ1) is 15.3. The third-order valence-corrected chi connectivity index (χ3v) is 4.44. The predicted molar refractivity (Wildman–Crippen MR) is 83.1 cm³/mol. The van der Waals surface area contributed by atoms with Gasteiger partial charge in [0.05, 0.1) is 0 Å². The first-order valence-corrected chi connectivity index (χ1v) is 7.73. The molecule has 1 amide bonds. The molecule has 0 saturated heterocycles. The van der Waals surface area contributed by atoms with E-state index in [0.717, 1.165) is 43.4 Å². The van der Waals surface area contributed by atoms with Crippen LogP contribution < -0.4 is 5.73 Å². The number of carbonyl (C=O) groups is 1. The first-order chi connectivity index (χ1) is 9.52. The number of carbonyl (C=O) groups excluding carboxylic acids is 1. The minimum atomic E-state index is 0.113. The normalized spacial score (nSPS) is 22.6. The van der Waals surface area contributed by atoms with E-state index in [1.165, 1.54) is 0 Å². The smallest absolute Gasteiger partial charge is 0.254 e. The van der Waals surface area contributed by atoms with Crippen molar-refractivity contribution in [2.75, 3.05) is 6.54 Å². The number of hydrogen-bond acceptors (Lipinski definition) is 2. The van der Waals surface area contributed by atoms with Crippen LogP contribution in [0.15, 0.2) is 18.2 Å². The molecule has 1 aliphatic rings. The van der Waals surface area contributed by atoms with Crippen LogP contribution in [0, 0.1) is 6.92 Å². The molecule has 0 aromatic heterocycles. The lowest BCUT2D eigenvalue weighted by Gasteiger charge is -2.35. The van der Waals surface area contributed by atoms with E-state index in [1.54, 1.807) is 6.07 Å². The molecular formula is C16H23ClN2O. The van der Waals surface area contributed by atoms with Crippen molar-refractivity contribution in [3.05, 3.63) is 34.3 Å². The molecule has 1 fully saturated rings. The molecule has 1 aliphatic carbocycles. The third kappa shape index (κ3) is 3.33. The van der Waals surface area contributed by atoms with Crippen LogP contribution in [0.2, 0.25) is 5.02 Å². The van der Waals surface area contributed by atoms with Crippen LogP contribution >= 0.6 is 11.6 Å². The van der Waals surface area contributed by atoms with E-state index in [0.29, 0.717) is 17.1 Å². The highest BCUT2D eigenvalue weighted by molar-refractivity contribution is 6.30. The molecule has 0 spiro atoms. The molecule has 4 heteroatoms. The molecule has 1 aromatic carbocycles. The zero-order valence-corrected chi connectivity index (χ0v) is 13.0. The Morgan fingerprint density at radius 1 is 1.35 bits per heavy atom. The van der Waals surface area contributed by atoms with Gasteiger partial charge in [-0.05, 0) is 63.3 Å². The Bertz CT molecular complexity index is 481. The number of hydrogen-bond donors (Lipinski definition) is 1. The van der Waals surface area contributed by atoms with Crippen LogP contribution in [-0.2, 0) is 0 Å². The molecule has 0 atom stereocenters. The van der Waals surface area contributed by atoms with E-state index in [-0.39, 0.29) is 5.91 Å². The number of nitrogens with two attached hydrogens (primary N) is 1. The zero-order chi connectivity index (χ0) is 14.7. The van der Waals surface area contributed by atoms with E-state index >= 15 is 0 Å². The Hall–Kier alpha value is -1.06. The summed E-state index contributed by atoms with van der Waals surface area (Å²) in [7, 11) is 0. The summed E-state index contributed by atoms with van der Waals surface area (Å²) in [6.45, 7) is 4.71. The van der Waals surface area contributed by atoms with Crippen molar-refractivity contribution >= 4 is 17.5 Å². The van der Waals surface area contributed by atoms with Crippen molar-refractivity contribution in [2.45, 2.75) is 51.6 Å². The van der Waals surface area contributed by atoms with E-state index < -0.39 is 0 Å². The monoisotopic (exact) mass is 294 g/mol. The lowest BCUT2D eigenvalue weighted by molar-refractivity contribution is 0.0640. The van der Waals surface area contributed by atoms with E-state index in [9.17, 15) is 4.79 Å². The number of halogens is 1. The van der Waals surface area contributed by atoms with E-state index in [1.807, 2.05) is 30.9 Å². The minimum absolute atomic E-state index is 0.113. The van der Waals surface area contributed by atoms with Crippen molar-refractivity contribution < 1.29 is 4.79 Å². The average Bonchev–Trinajstić information content (AvgIpc) is 2.41. The highest BCUT2D eigenvalue weighted by Crippen LogP contribution is 2.25. The standard InChI is InChI=1S/C16H23ClN2O/c1-3-19(14-7-5-13(18)6-8-14)16(20)15-9-4-12(17)10-11(15)2/h4,9-10,13-14H,3,5-8,18H2,1-2H3. The Kier molecular flexibility index (Phi) is 5.06. The van der Waals surface area contributed by atoms with E-state index in [2.05, 4.69) is 0 Å². The van der Waals surface area contributed by atoms with Crippen molar-refractivity contribution in [3.63, 3.8) is 0 Å². The largest absolute Gasteiger partial charge is 0.336 e. The van der Waals surface area contributed by atoms with Gasteiger partial charge < -0.3 is 10.6 Å². The van der Waals surface area contributed by atoms with Crippen LogP contribution in [0.4, 0.5) is 0 Å². The second kappa shape index (κ2) is 6.59. The molecule has 0 heterocycles. The van der Waals surface area contributed by atoms with Crippen LogP contribution in [0.25, 0.3) is 0 Å². The lowest BCUT2D eigenvalue weighted by atomic mass is 9.90. The van der Waals surface area contributed by atoms with Crippen molar-refractivity contribution in [1.82, 2.24) is 4.90 Å². The Morgan fingerprint density at radius 3 is 2.55 bits per heavy atom. The van der Waals surface area contributed by atoms with Gasteiger partial charge in [-0.3, -0.25) is 4.79 Å². The van der Waals surface area contributed by atoms with Gasteiger partial charge in [-0.1, -0.05) is 11.6 Å². The molecule has 1 aromatic rings. The fourth-order valence-corrected chi connectivity index (χ4v) is 3.23. The topological polar surface area (TPSA) is 46.3 Å². The minimum Gasteiger partial charge on any atom is -0.336 e. The molecule has 0 bridgehead atoms. The highest BCUT2D eigenvalue weighted by atomic mass is 35.5. The van der Waals surface area contributed by atoms with Gasteiger partial charge in [0.1, 0.15) is 0 Å². The fourth-order valence-electron chi connectivity index (χ4n) is 3.00. The number of nitrogens with zero attached hydrogens (tertiary/aromatic N) is 1. The van der Waals surface area contributed by atoms with Crippen LogP contribution in [0.3, 0.4) is 0 Å². The van der Waals surface area contributed by atoms with Crippen LogP contribution in [0.1, 0.15) is 48.5 Å². The van der Waals surface area contributed by atoms with Crippen molar-refractivity contribution in [2.24, 2.45) is 5.73 Å². The van der Waals surface area contributed by atoms with Gasteiger partial charge in [0, 0.05) is 29.2 Å². The molecule has 2 N–H and O–H groups in total. The Labute approximate surface area is 126 Å². The summed E-state index contributed by atoms with van der Waals surface area (Å²) in [6.07, 6.45) is 4.03. The predicted octanol–water partition coefficient (Wildman–Crippen LogP) is 3.38. The summed E-state index contributed by atoms with van der Waals surface area (Å²) in [6, 6.07) is 6.09. The maximum Gasteiger partial charge on any atom is 0.254 e. The molecule has 20 heavy (non-hydrogen) atoms. The molecule has 2 rings (SSSR count). The van der Waals surface area contributed by atoms with Crippen LogP contribution in [-0.4, -0.2) is 29.4 Å². The fraction of sp³-hybridized carbons (Fsp3) is 0.562. The average molecular weight is 295 g/mol. The SMILES string of the molecule is CCN(C(=O)c1ccc(Cl)cc1C)C1CCC(N)CC1. The number of benzene rings is 1. The molecule has 3 nitrogen and oxygen atoms in total. The quantitative estimate of drug-likeness (QED) is 0.929. The van der Waals surface area contributed by atoms with Crippen molar-refractivity contribution in [3.8, 4) is 0 Å². The second-order valence-electron chi connectivity index (χ2n) is 5.62. The summed E-state index contributed by atoms with van der Waals surface area (Å²) >= 11 is 5.96. The van der Waals surface area contributed by atoms with Gasteiger partial charge in [0.2, 0.25) is 0 Å². The maximum absolute atomic E-state index is 12.7. The molecule has 0 aliphatic heterocycles. The summed E-state index contributed by atoms with van der Waals surface area (Å²) in [5.74, 6) is 0.113. The van der Waals surface area contributed by atoms with E-state index in [4.69, 9.17) is 17.3 Å². The van der Waals surface area contributed by atoms with Gasteiger partial charge >= 0.3 is 0 Å². The molecule has 0 radical (unpaired) electrons. The number of aryl methyl sites for hydroxylation is 1. The van der Waals surface area contributed by atoms with Gasteiger partial charge in [0.15, 0.2) is 0 Å². The van der Waals surface area contributed by atoms with Gasteiger partial charge in [-0.15, -0.1) is 0 Å². The molecule has 1 saturated carbocycles. The maximum atomic E-state index is 12.7. The van der Waals surface area contributed by atoms with Crippen LogP contribution in [0.5, 0.6) is 0 Å². The van der Waals surface area contributed by atoms with Gasteiger partial charge in [-0.2, -0.15) is 0 Å². The number of amides is 1. The second-order valence-corrected chi connectivity index (χ2v) is 6.06. The Morgan fingerprint density at radius 2 is 2.00 bits per heavy atom. The first-order valence-electron chi connectivity index (χ1n) is 7.35. The van der Waals surface area contributed by atoms with Crippen molar-refractivity contribution in [1.29, 1.82) is 0 Å². The molecule has 0 unspecified atom stereocenters. The van der Waals surface area contributed by atoms with Gasteiger partial charge in [-0.25, -0.2) is 0 Å². The highest BCUT2D eigenvalue weighted by Gasteiger charge is 2.27. The number of rotatable bonds is 3. The summed E-state index contributed by atoms with van der Waals surface area (Å²) in [5.41, 5.74) is 7.64. The Balaban J connectivity index is 2.16. The lowest BCUT2D eigenvalue weighted by Crippen LogP contribution is -2.44. The molecular weight excluding hydrogens is 272 g/mol. The summed E-state index contributed by atoms with van der Waals surface area (Å²) in [5, 5.41) is 0.672. The summed E-state index contributed by atoms with van der Waals surface area (Å²) in [4.78, 5) is 14.7. The van der Waals surface area contributed by atoms with Gasteiger partial charge in [0.25, 0.3) is 5.91 Å². The summed E-state index contributed by atoms with van der Waals surface area (Å²) < 4.78 is 0. The third-order valence-electron chi connectivity index (χ3n) is 4.20.